The Morgan fingerprint density at radius 1 is 1.47 bits per heavy atom. The van der Waals surface area contributed by atoms with E-state index in [0.717, 1.165) is 0 Å². The van der Waals surface area contributed by atoms with Crippen LogP contribution in [0.2, 0.25) is 0 Å². The highest BCUT2D eigenvalue weighted by Crippen LogP contribution is 2.11. The maximum Gasteiger partial charge on any atom is 0.307 e. The third-order valence-electron chi connectivity index (χ3n) is 2.78. The third-order valence-corrected chi connectivity index (χ3v) is 2.78. The van der Waals surface area contributed by atoms with Crippen LogP contribution in [0.25, 0.3) is 0 Å². The lowest BCUT2D eigenvalue weighted by Gasteiger charge is -2.15. The monoisotopic (exact) mass is 240 g/mol. The molecule has 2 unspecified atom stereocenters. The number of nitrogens with one attached hydrogen (secondary N) is 1. The van der Waals surface area contributed by atoms with Gasteiger partial charge in [-0.1, -0.05) is 13.8 Å². The molecule has 0 spiro atoms. The zero-order valence-electron chi connectivity index (χ0n) is 10.0. The van der Waals surface area contributed by atoms with Gasteiger partial charge in [0.05, 0.1) is 12.5 Å². The Morgan fingerprint density at radius 2 is 2.12 bits per heavy atom. The second-order valence-electron chi connectivity index (χ2n) is 3.99. The van der Waals surface area contributed by atoms with Crippen molar-refractivity contribution in [2.75, 3.05) is 0 Å². The largest absolute Gasteiger partial charge is 0.481 e. The van der Waals surface area contributed by atoms with E-state index in [9.17, 15) is 9.59 Å². The van der Waals surface area contributed by atoms with Gasteiger partial charge in [-0.25, -0.2) is 0 Å². The summed E-state index contributed by atoms with van der Waals surface area (Å²) in [5.74, 6) is -1.96. The van der Waals surface area contributed by atoms with Crippen molar-refractivity contribution in [3.05, 3.63) is 12.2 Å². The number of carboxylic acids is 1. The smallest absolute Gasteiger partial charge is 0.307 e. The van der Waals surface area contributed by atoms with E-state index in [0.29, 0.717) is 5.82 Å². The van der Waals surface area contributed by atoms with Gasteiger partial charge in [-0.3, -0.25) is 9.59 Å². The first-order valence-corrected chi connectivity index (χ1v) is 5.27. The fourth-order valence-electron chi connectivity index (χ4n) is 1.24. The highest BCUT2D eigenvalue weighted by molar-refractivity contribution is 5.84. The van der Waals surface area contributed by atoms with Crippen molar-refractivity contribution >= 4 is 11.9 Å². The molecule has 1 aromatic heterocycles. The van der Waals surface area contributed by atoms with Crippen LogP contribution in [-0.2, 0) is 23.2 Å². The minimum Gasteiger partial charge on any atom is -0.481 e. The maximum atomic E-state index is 11.7. The summed E-state index contributed by atoms with van der Waals surface area (Å²) in [7, 11) is 1.77. The zero-order chi connectivity index (χ0) is 13.0. The number of carbonyl (C=O) groups is 2. The number of carboxylic acid groups (broad SMARTS) is 1. The first-order valence-electron chi connectivity index (χ1n) is 5.27. The van der Waals surface area contributed by atoms with Crippen molar-refractivity contribution in [2.24, 2.45) is 18.9 Å². The SMILES string of the molecule is CC(C(=O)O)C(C)C(=O)NCc1nncn1C. The topological polar surface area (TPSA) is 97.1 Å². The van der Waals surface area contributed by atoms with Crippen LogP contribution >= 0.6 is 0 Å². The Hall–Kier alpha value is -1.92. The molecular formula is C10H16N4O3. The standard InChI is InChI=1S/C10H16N4O3/c1-6(7(2)10(16)17)9(15)11-4-8-13-12-5-14(8)3/h5-7H,4H2,1-3H3,(H,11,15)(H,16,17). The van der Waals surface area contributed by atoms with Crippen LogP contribution in [0.5, 0.6) is 0 Å². The summed E-state index contributed by atoms with van der Waals surface area (Å²) >= 11 is 0. The lowest BCUT2D eigenvalue weighted by Crippen LogP contribution is -2.35. The zero-order valence-corrected chi connectivity index (χ0v) is 10.0. The molecule has 2 atom stereocenters. The number of aromatic nitrogens is 3. The van der Waals surface area contributed by atoms with Gasteiger partial charge in [-0.15, -0.1) is 10.2 Å². The van der Waals surface area contributed by atoms with Crippen LogP contribution in [-0.4, -0.2) is 31.7 Å². The molecule has 94 valence electrons. The first kappa shape index (κ1) is 13.1. The molecule has 1 aromatic rings. The summed E-state index contributed by atoms with van der Waals surface area (Å²) in [4.78, 5) is 22.4. The molecule has 0 bridgehead atoms. The number of rotatable bonds is 5. The van der Waals surface area contributed by atoms with Crippen molar-refractivity contribution in [1.82, 2.24) is 20.1 Å². The molecule has 7 heteroatoms. The molecule has 2 N–H and O–H groups in total. The Bertz CT molecular complexity index is 415. The lowest BCUT2D eigenvalue weighted by atomic mass is 9.95. The summed E-state index contributed by atoms with van der Waals surface area (Å²) in [6.07, 6.45) is 1.53. The second-order valence-corrected chi connectivity index (χ2v) is 3.99. The van der Waals surface area contributed by atoms with E-state index >= 15 is 0 Å². The van der Waals surface area contributed by atoms with Crippen molar-refractivity contribution in [3.8, 4) is 0 Å². The quantitative estimate of drug-likeness (QED) is 0.742. The minimum absolute atomic E-state index is 0.242. The fourth-order valence-corrected chi connectivity index (χ4v) is 1.24. The van der Waals surface area contributed by atoms with Crippen LogP contribution in [0.1, 0.15) is 19.7 Å². The number of carbonyl (C=O) groups excluding carboxylic acids is 1. The average Bonchev–Trinajstić information content (AvgIpc) is 2.69. The molecule has 0 fully saturated rings. The van der Waals surface area contributed by atoms with Crippen molar-refractivity contribution in [1.29, 1.82) is 0 Å². The predicted octanol–water partition coefficient (Wildman–Crippen LogP) is -0.212. The van der Waals surface area contributed by atoms with Crippen molar-refractivity contribution in [2.45, 2.75) is 20.4 Å². The lowest BCUT2D eigenvalue weighted by molar-refractivity contribution is -0.146. The minimum atomic E-state index is -0.980. The van der Waals surface area contributed by atoms with E-state index in [2.05, 4.69) is 15.5 Å². The molecule has 0 radical (unpaired) electrons. The highest BCUT2D eigenvalue weighted by Gasteiger charge is 2.25. The Kier molecular flexibility index (Phi) is 4.19. The van der Waals surface area contributed by atoms with E-state index in [1.807, 2.05) is 0 Å². The Morgan fingerprint density at radius 3 is 2.59 bits per heavy atom. The van der Waals surface area contributed by atoms with Gasteiger partial charge in [0, 0.05) is 13.0 Å². The number of aliphatic carboxylic acids is 1. The average molecular weight is 240 g/mol. The molecular weight excluding hydrogens is 224 g/mol. The van der Waals surface area contributed by atoms with Gasteiger partial charge in [-0.05, 0) is 0 Å². The van der Waals surface area contributed by atoms with Crippen LogP contribution in [0.4, 0.5) is 0 Å². The van der Waals surface area contributed by atoms with Gasteiger partial charge in [0.25, 0.3) is 0 Å². The number of amides is 1. The van der Waals surface area contributed by atoms with Crippen LogP contribution in [0, 0.1) is 11.8 Å². The fraction of sp³-hybridized carbons (Fsp3) is 0.600. The molecule has 7 nitrogen and oxygen atoms in total. The molecule has 0 aliphatic heterocycles. The number of nitrogens with zero attached hydrogens (tertiary/aromatic N) is 3. The van der Waals surface area contributed by atoms with Crippen molar-refractivity contribution in [3.63, 3.8) is 0 Å². The number of aryl methyl sites for hydroxylation is 1. The van der Waals surface area contributed by atoms with Gasteiger partial charge in [0.15, 0.2) is 5.82 Å². The van der Waals surface area contributed by atoms with E-state index in [1.165, 1.54) is 13.3 Å². The highest BCUT2D eigenvalue weighted by atomic mass is 16.4. The van der Waals surface area contributed by atoms with Crippen molar-refractivity contribution < 1.29 is 14.7 Å². The second kappa shape index (κ2) is 5.42. The Labute approximate surface area is 98.8 Å². The van der Waals surface area contributed by atoms with Gasteiger partial charge in [-0.2, -0.15) is 0 Å². The Balaban J connectivity index is 2.50. The molecule has 1 heterocycles. The summed E-state index contributed by atoms with van der Waals surface area (Å²) in [6, 6.07) is 0. The maximum absolute atomic E-state index is 11.7. The van der Waals surface area contributed by atoms with Gasteiger partial charge in [0.1, 0.15) is 6.33 Å². The van der Waals surface area contributed by atoms with Crippen LogP contribution in [0.15, 0.2) is 6.33 Å². The molecule has 0 aromatic carbocycles. The van der Waals surface area contributed by atoms with Gasteiger partial charge < -0.3 is 15.0 Å². The van der Waals surface area contributed by atoms with E-state index in [1.54, 1.807) is 18.5 Å². The molecule has 0 aliphatic rings. The molecule has 1 amide bonds. The van der Waals surface area contributed by atoms with E-state index < -0.39 is 17.8 Å². The van der Waals surface area contributed by atoms with Crippen LogP contribution < -0.4 is 5.32 Å². The molecule has 0 aliphatic carbocycles. The molecule has 0 saturated carbocycles. The third kappa shape index (κ3) is 3.27. The summed E-state index contributed by atoms with van der Waals surface area (Å²) < 4.78 is 1.69. The van der Waals surface area contributed by atoms with Gasteiger partial charge >= 0.3 is 5.97 Å². The van der Waals surface area contributed by atoms with Gasteiger partial charge in [0.2, 0.25) is 5.91 Å². The number of hydrogen-bond acceptors (Lipinski definition) is 4. The normalized spacial score (nSPS) is 14.1. The van der Waals surface area contributed by atoms with E-state index in [-0.39, 0.29) is 12.5 Å². The summed E-state index contributed by atoms with van der Waals surface area (Å²) in [6.45, 7) is 3.34. The van der Waals surface area contributed by atoms with Crippen LogP contribution in [0.3, 0.4) is 0 Å². The summed E-state index contributed by atoms with van der Waals surface area (Å²) in [5.41, 5.74) is 0. The molecule has 17 heavy (non-hydrogen) atoms. The van der Waals surface area contributed by atoms with E-state index in [4.69, 9.17) is 5.11 Å². The molecule has 0 saturated heterocycles. The summed E-state index contributed by atoms with van der Waals surface area (Å²) in [5, 5.41) is 18.9. The first-order chi connectivity index (χ1) is 7.93. The molecule has 1 rings (SSSR count). The predicted molar refractivity (Wildman–Crippen MR) is 58.8 cm³/mol. The number of hydrogen-bond donors (Lipinski definition) is 2.